The molecular weight excluding hydrogens is 314 g/mol. The minimum atomic E-state index is -0.489. The number of fused-ring (bicyclic) bond motifs is 4. The van der Waals surface area contributed by atoms with Crippen LogP contribution in [0.3, 0.4) is 0 Å². The molecule has 1 saturated heterocycles. The van der Waals surface area contributed by atoms with Crippen LogP contribution in [0.15, 0.2) is 12.1 Å². The van der Waals surface area contributed by atoms with Gasteiger partial charge in [-0.3, -0.25) is 0 Å². The number of hydrogen-bond acceptors (Lipinski definition) is 3. The van der Waals surface area contributed by atoms with Crippen LogP contribution in [-0.2, 0) is 16.6 Å². The third kappa shape index (κ3) is 2.70. The fourth-order valence-electron chi connectivity index (χ4n) is 4.61. The average Bonchev–Trinajstić information content (AvgIpc) is 2.44. The zero-order valence-electron chi connectivity index (χ0n) is 16.6. The van der Waals surface area contributed by atoms with Gasteiger partial charge in [0.2, 0.25) is 0 Å². The molecule has 138 valence electrons. The molecule has 25 heavy (non-hydrogen) atoms. The number of likely N-dealkylation sites (tertiary alicyclic amines) is 1. The molecule has 4 nitrogen and oxygen atoms in total. The van der Waals surface area contributed by atoms with Crippen molar-refractivity contribution in [3.05, 3.63) is 28.8 Å². The molecule has 2 atom stereocenters. The Morgan fingerprint density at radius 3 is 2.52 bits per heavy atom. The summed E-state index contributed by atoms with van der Waals surface area (Å²) in [5, 5.41) is 10.2. The van der Waals surface area contributed by atoms with E-state index in [0.29, 0.717) is 12.3 Å². The Bertz CT molecular complexity index is 717. The molecule has 3 rings (SSSR count). The Labute approximate surface area is 151 Å². The number of piperidine rings is 1. The molecule has 1 amide bonds. The first-order chi connectivity index (χ1) is 11.4. The van der Waals surface area contributed by atoms with Gasteiger partial charge in [-0.15, -0.1) is 0 Å². The molecule has 1 heterocycles. The van der Waals surface area contributed by atoms with E-state index in [2.05, 4.69) is 26.8 Å². The summed E-state index contributed by atoms with van der Waals surface area (Å²) in [5.41, 5.74) is 2.71. The number of hydrogen-bond donors (Lipinski definition) is 1. The lowest BCUT2D eigenvalue weighted by Crippen LogP contribution is -2.65. The highest BCUT2D eigenvalue weighted by molar-refractivity contribution is 5.69. The van der Waals surface area contributed by atoms with Crippen molar-refractivity contribution in [2.24, 2.45) is 5.41 Å². The Kier molecular flexibility index (Phi) is 3.90. The van der Waals surface area contributed by atoms with E-state index in [1.165, 1.54) is 11.1 Å². The number of rotatable bonds is 0. The Hall–Kier alpha value is -1.71. The van der Waals surface area contributed by atoms with Crippen LogP contribution in [0, 0.1) is 12.3 Å². The molecular formula is C21H31NO3. The Morgan fingerprint density at radius 2 is 1.92 bits per heavy atom. The first-order valence-electron chi connectivity index (χ1n) is 9.19. The molecule has 1 aromatic carbocycles. The molecule has 1 aromatic rings. The number of benzene rings is 1. The van der Waals surface area contributed by atoms with Gasteiger partial charge < -0.3 is 14.7 Å². The molecule has 1 N–H and O–H groups in total. The van der Waals surface area contributed by atoms with Gasteiger partial charge in [0.05, 0.1) is 0 Å². The van der Waals surface area contributed by atoms with Crippen molar-refractivity contribution in [2.45, 2.75) is 78.4 Å². The van der Waals surface area contributed by atoms with Gasteiger partial charge in [-0.25, -0.2) is 4.79 Å². The lowest BCUT2D eigenvalue weighted by molar-refractivity contribution is -0.0522. The van der Waals surface area contributed by atoms with Crippen molar-refractivity contribution < 1.29 is 14.6 Å². The van der Waals surface area contributed by atoms with Crippen LogP contribution < -0.4 is 0 Å². The van der Waals surface area contributed by atoms with Crippen LogP contribution in [0.4, 0.5) is 4.79 Å². The van der Waals surface area contributed by atoms with Gasteiger partial charge in [-0.1, -0.05) is 26.8 Å². The van der Waals surface area contributed by atoms with Crippen LogP contribution in [0.5, 0.6) is 5.75 Å². The summed E-state index contributed by atoms with van der Waals surface area (Å²) in [6.07, 6.45) is 1.45. The molecule has 0 unspecified atom stereocenters. The van der Waals surface area contributed by atoms with Gasteiger partial charge >= 0.3 is 6.09 Å². The maximum absolute atomic E-state index is 12.8. The number of aromatic hydroxyl groups is 1. The lowest BCUT2D eigenvalue weighted by Gasteiger charge is -2.60. The van der Waals surface area contributed by atoms with E-state index in [9.17, 15) is 9.90 Å². The minimum absolute atomic E-state index is 0.0745. The van der Waals surface area contributed by atoms with Crippen LogP contribution in [0.2, 0.25) is 0 Å². The summed E-state index contributed by atoms with van der Waals surface area (Å²) >= 11 is 0. The topological polar surface area (TPSA) is 49.8 Å². The van der Waals surface area contributed by atoms with E-state index in [1.54, 1.807) is 0 Å². The predicted molar refractivity (Wildman–Crippen MR) is 99.0 cm³/mol. The first kappa shape index (κ1) is 18.1. The maximum Gasteiger partial charge on any atom is 0.410 e. The van der Waals surface area contributed by atoms with Crippen LogP contribution in [0.25, 0.3) is 0 Å². The quantitative estimate of drug-likeness (QED) is 0.750. The van der Waals surface area contributed by atoms with E-state index in [1.807, 2.05) is 38.7 Å². The van der Waals surface area contributed by atoms with Crippen molar-refractivity contribution in [1.82, 2.24) is 4.90 Å². The monoisotopic (exact) mass is 345 g/mol. The second kappa shape index (κ2) is 5.39. The third-order valence-electron chi connectivity index (χ3n) is 6.54. The minimum Gasteiger partial charge on any atom is -0.508 e. The van der Waals surface area contributed by atoms with Gasteiger partial charge in [-0.2, -0.15) is 0 Å². The number of carbonyl (C=O) groups excluding carboxylic acids is 1. The van der Waals surface area contributed by atoms with Crippen molar-refractivity contribution in [2.75, 3.05) is 6.54 Å². The standard InChI is InChI=1S/C21H31NO3/c1-13-10-14-11-17-20(5,6)21(7,15(14)12-16(13)23)8-9-22(17)18(24)25-19(2,3)4/h10,12,17,23H,8-9,11H2,1-7H3/t17-,21+/m0/s1. The number of nitrogens with zero attached hydrogens (tertiary/aromatic N) is 1. The van der Waals surface area contributed by atoms with Crippen LogP contribution >= 0.6 is 0 Å². The van der Waals surface area contributed by atoms with Gasteiger partial charge in [-0.05, 0) is 68.7 Å². The molecule has 0 spiro atoms. The van der Waals surface area contributed by atoms with E-state index >= 15 is 0 Å². The average molecular weight is 345 g/mol. The van der Waals surface area contributed by atoms with E-state index in [4.69, 9.17) is 4.74 Å². The Morgan fingerprint density at radius 1 is 1.28 bits per heavy atom. The summed E-state index contributed by atoms with van der Waals surface area (Å²) in [4.78, 5) is 14.7. The third-order valence-corrected chi connectivity index (χ3v) is 6.54. The second-order valence-electron chi connectivity index (χ2n) is 9.49. The fraction of sp³-hybridized carbons (Fsp3) is 0.667. The summed E-state index contributed by atoms with van der Waals surface area (Å²) in [5.74, 6) is 0.365. The first-order valence-corrected chi connectivity index (χ1v) is 9.19. The largest absolute Gasteiger partial charge is 0.508 e. The Balaban J connectivity index is 2.04. The molecule has 0 aromatic heterocycles. The zero-order valence-corrected chi connectivity index (χ0v) is 16.6. The number of carbonyl (C=O) groups is 1. The molecule has 4 heteroatoms. The molecule has 1 aliphatic heterocycles. The molecule has 2 bridgehead atoms. The van der Waals surface area contributed by atoms with Gasteiger partial charge in [0.1, 0.15) is 11.4 Å². The summed E-state index contributed by atoms with van der Waals surface area (Å²) in [7, 11) is 0. The normalized spacial score (nSPS) is 27.6. The van der Waals surface area contributed by atoms with Gasteiger partial charge in [0.25, 0.3) is 0 Å². The van der Waals surface area contributed by atoms with Gasteiger partial charge in [0.15, 0.2) is 0 Å². The SMILES string of the molecule is Cc1cc2c(cc1O)[C@@]1(C)CCN(C(=O)OC(C)(C)C)[C@@H](C2)C1(C)C. The number of phenols is 1. The smallest absolute Gasteiger partial charge is 0.410 e. The lowest BCUT2D eigenvalue weighted by atomic mass is 9.51. The summed E-state index contributed by atoms with van der Waals surface area (Å²) in [6, 6.07) is 4.13. The molecule has 2 aliphatic rings. The second-order valence-corrected chi connectivity index (χ2v) is 9.49. The van der Waals surface area contributed by atoms with E-state index in [0.717, 1.165) is 18.4 Å². The maximum atomic E-state index is 12.8. The molecule has 0 saturated carbocycles. The van der Waals surface area contributed by atoms with Crippen molar-refractivity contribution in [1.29, 1.82) is 0 Å². The molecule has 1 aliphatic carbocycles. The fourth-order valence-corrected chi connectivity index (χ4v) is 4.61. The van der Waals surface area contributed by atoms with Crippen molar-refractivity contribution >= 4 is 6.09 Å². The number of phenolic OH excluding ortho intramolecular Hbond substituents is 1. The van der Waals surface area contributed by atoms with E-state index in [-0.39, 0.29) is 23.0 Å². The summed E-state index contributed by atoms with van der Waals surface area (Å²) < 4.78 is 5.67. The highest BCUT2D eigenvalue weighted by Crippen LogP contribution is 2.56. The van der Waals surface area contributed by atoms with Crippen LogP contribution in [-0.4, -0.2) is 34.3 Å². The number of ether oxygens (including phenoxy) is 1. The van der Waals surface area contributed by atoms with E-state index < -0.39 is 5.60 Å². The zero-order chi connectivity index (χ0) is 18.8. The number of aryl methyl sites for hydroxylation is 1. The molecule has 1 fully saturated rings. The predicted octanol–water partition coefficient (Wildman–Crippen LogP) is 4.55. The van der Waals surface area contributed by atoms with Crippen molar-refractivity contribution in [3.8, 4) is 5.75 Å². The molecule has 0 radical (unpaired) electrons. The van der Waals surface area contributed by atoms with Gasteiger partial charge in [0, 0.05) is 18.0 Å². The van der Waals surface area contributed by atoms with Crippen LogP contribution in [0.1, 0.15) is 64.7 Å². The summed E-state index contributed by atoms with van der Waals surface area (Å²) in [6.45, 7) is 15.1. The highest BCUT2D eigenvalue weighted by Gasteiger charge is 2.57. The number of amides is 1. The highest BCUT2D eigenvalue weighted by atomic mass is 16.6. The van der Waals surface area contributed by atoms with Crippen molar-refractivity contribution in [3.63, 3.8) is 0 Å².